The predicted molar refractivity (Wildman–Crippen MR) is 102 cm³/mol. The van der Waals surface area contributed by atoms with Crippen molar-refractivity contribution in [1.29, 1.82) is 0 Å². The van der Waals surface area contributed by atoms with Gasteiger partial charge in [0, 0.05) is 13.1 Å². The number of carbonyl (C=O) groups is 1. The summed E-state index contributed by atoms with van der Waals surface area (Å²) in [5.74, 6) is -1.65. The van der Waals surface area contributed by atoms with Gasteiger partial charge in [0.2, 0.25) is 0 Å². The monoisotopic (exact) mass is 366 g/mol. The Hall–Kier alpha value is -3.05. The Morgan fingerprint density at radius 3 is 2.22 bits per heavy atom. The molecule has 0 fully saturated rings. The summed E-state index contributed by atoms with van der Waals surface area (Å²) in [6.07, 6.45) is 0. The molecule has 1 amide bonds. The highest BCUT2D eigenvalue weighted by Crippen LogP contribution is 2.23. The van der Waals surface area contributed by atoms with E-state index >= 15 is 0 Å². The molecule has 27 heavy (non-hydrogen) atoms. The Morgan fingerprint density at radius 2 is 1.56 bits per heavy atom. The fraction of sp³-hybridized carbons (Fsp3) is 0.136. The summed E-state index contributed by atoms with van der Waals surface area (Å²) >= 11 is 0. The van der Waals surface area contributed by atoms with Gasteiger partial charge < -0.3 is 5.73 Å². The van der Waals surface area contributed by atoms with Gasteiger partial charge in [-0.1, -0.05) is 42.5 Å². The number of nitrogens with zero attached hydrogens (tertiary/aromatic N) is 1. The molecule has 0 saturated heterocycles. The summed E-state index contributed by atoms with van der Waals surface area (Å²) in [5.41, 5.74) is 8.69. The summed E-state index contributed by atoms with van der Waals surface area (Å²) < 4.78 is 26.9. The first-order chi connectivity index (χ1) is 12.9. The van der Waals surface area contributed by atoms with Crippen molar-refractivity contribution in [3.05, 3.63) is 95.1 Å². The van der Waals surface area contributed by atoms with Crippen LogP contribution >= 0.6 is 0 Å². The Kier molecular flexibility index (Phi) is 5.62. The molecule has 3 aromatic carbocycles. The predicted octanol–water partition coefficient (Wildman–Crippen LogP) is 4.36. The molecule has 0 spiro atoms. The molecule has 0 bridgehead atoms. The highest BCUT2D eigenvalue weighted by atomic mass is 19.1. The number of primary amides is 1. The fourth-order valence-electron chi connectivity index (χ4n) is 3.01. The molecule has 0 aromatic heterocycles. The zero-order valence-electron chi connectivity index (χ0n) is 15.0. The fourth-order valence-corrected chi connectivity index (χ4v) is 3.01. The number of halogens is 2. The number of hydrogen-bond acceptors (Lipinski definition) is 2. The van der Waals surface area contributed by atoms with Crippen molar-refractivity contribution in [2.45, 2.75) is 13.1 Å². The first kappa shape index (κ1) is 18.7. The second-order valence-electron chi connectivity index (χ2n) is 6.56. The van der Waals surface area contributed by atoms with Crippen molar-refractivity contribution in [2.24, 2.45) is 5.73 Å². The number of benzene rings is 3. The maximum Gasteiger partial charge on any atom is 0.251 e. The first-order valence-corrected chi connectivity index (χ1v) is 8.54. The maximum atomic E-state index is 13.6. The molecule has 2 N–H and O–H groups in total. The van der Waals surface area contributed by atoms with Crippen LogP contribution in [0.1, 0.15) is 21.5 Å². The van der Waals surface area contributed by atoms with E-state index in [-0.39, 0.29) is 11.4 Å². The quantitative estimate of drug-likeness (QED) is 0.704. The highest BCUT2D eigenvalue weighted by molar-refractivity contribution is 5.94. The minimum atomic E-state index is -0.787. The summed E-state index contributed by atoms with van der Waals surface area (Å²) in [6.45, 7) is 1.34. The average Bonchev–Trinajstić information content (AvgIpc) is 2.62. The normalized spacial score (nSPS) is 11.0. The van der Waals surface area contributed by atoms with Crippen molar-refractivity contribution in [1.82, 2.24) is 4.90 Å². The van der Waals surface area contributed by atoms with E-state index in [0.717, 1.165) is 22.3 Å². The van der Waals surface area contributed by atoms with Crippen LogP contribution in [0.3, 0.4) is 0 Å². The van der Waals surface area contributed by atoms with Gasteiger partial charge in [-0.3, -0.25) is 9.69 Å². The topological polar surface area (TPSA) is 46.3 Å². The van der Waals surface area contributed by atoms with Gasteiger partial charge in [-0.05, 0) is 53.6 Å². The van der Waals surface area contributed by atoms with Crippen LogP contribution in [0.15, 0.2) is 66.7 Å². The molecule has 3 rings (SSSR count). The lowest BCUT2D eigenvalue weighted by molar-refractivity contribution is 0.0996. The van der Waals surface area contributed by atoms with Crippen molar-refractivity contribution in [3.63, 3.8) is 0 Å². The Balaban J connectivity index is 1.70. The molecular formula is C22H20F2N2O. The molecule has 0 radical (unpaired) electrons. The van der Waals surface area contributed by atoms with Crippen LogP contribution in [0, 0.1) is 11.6 Å². The van der Waals surface area contributed by atoms with Crippen molar-refractivity contribution in [3.8, 4) is 11.1 Å². The first-order valence-electron chi connectivity index (χ1n) is 8.54. The van der Waals surface area contributed by atoms with E-state index in [0.29, 0.717) is 13.1 Å². The molecule has 3 aromatic rings. The standard InChI is InChI=1S/C22H20F2N2O/c1-26(14-16-3-2-4-19(23)11-16)13-15-5-7-17(8-6-15)18-9-10-21(24)20(12-18)22(25)27/h2-12H,13-14H2,1H3,(H2,25,27). The Bertz CT molecular complexity index is 955. The van der Waals surface area contributed by atoms with Crippen LogP contribution in [-0.2, 0) is 13.1 Å². The maximum absolute atomic E-state index is 13.6. The van der Waals surface area contributed by atoms with Gasteiger partial charge in [0.05, 0.1) is 5.56 Å². The lowest BCUT2D eigenvalue weighted by Gasteiger charge is -2.17. The number of amides is 1. The van der Waals surface area contributed by atoms with Gasteiger partial charge in [0.25, 0.3) is 5.91 Å². The molecule has 0 aliphatic heterocycles. The molecule has 138 valence electrons. The lowest BCUT2D eigenvalue weighted by Crippen LogP contribution is -2.17. The zero-order valence-corrected chi connectivity index (χ0v) is 15.0. The molecule has 3 nitrogen and oxygen atoms in total. The van der Waals surface area contributed by atoms with Gasteiger partial charge in [0.1, 0.15) is 11.6 Å². The summed E-state index contributed by atoms with van der Waals surface area (Å²) in [7, 11) is 1.97. The van der Waals surface area contributed by atoms with Crippen molar-refractivity contribution >= 4 is 5.91 Å². The highest BCUT2D eigenvalue weighted by Gasteiger charge is 2.10. The molecule has 0 atom stereocenters. The minimum Gasteiger partial charge on any atom is -0.366 e. The smallest absolute Gasteiger partial charge is 0.251 e. The van der Waals surface area contributed by atoms with Gasteiger partial charge in [-0.25, -0.2) is 8.78 Å². The van der Waals surface area contributed by atoms with Crippen LogP contribution in [0.2, 0.25) is 0 Å². The third kappa shape index (κ3) is 4.77. The van der Waals surface area contributed by atoms with Crippen molar-refractivity contribution < 1.29 is 13.6 Å². The molecule has 0 unspecified atom stereocenters. The van der Waals surface area contributed by atoms with E-state index in [9.17, 15) is 13.6 Å². The van der Waals surface area contributed by atoms with Gasteiger partial charge in [-0.2, -0.15) is 0 Å². The van der Waals surface area contributed by atoms with E-state index in [4.69, 9.17) is 5.73 Å². The number of rotatable bonds is 6. The van der Waals surface area contributed by atoms with Crippen LogP contribution in [-0.4, -0.2) is 17.9 Å². The van der Waals surface area contributed by atoms with Crippen LogP contribution in [0.25, 0.3) is 11.1 Å². The average molecular weight is 366 g/mol. The molecule has 0 aliphatic carbocycles. The third-order valence-corrected chi connectivity index (χ3v) is 4.31. The Morgan fingerprint density at radius 1 is 0.889 bits per heavy atom. The molecular weight excluding hydrogens is 346 g/mol. The summed E-state index contributed by atoms with van der Waals surface area (Å²) in [6, 6.07) is 18.7. The molecule has 0 aliphatic rings. The molecule has 0 saturated carbocycles. The van der Waals surface area contributed by atoms with Gasteiger partial charge >= 0.3 is 0 Å². The van der Waals surface area contributed by atoms with E-state index in [1.165, 1.54) is 24.3 Å². The second kappa shape index (κ2) is 8.10. The van der Waals surface area contributed by atoms with Crippen LogP contribution in [0.5, 0.6) is 0 Å². The van der Waals surface area contributed by atoms with E-state index in [2.05, 4.69) is 4.90 Å². The summed E-state index contributed by atoms with van der Waals surface area (Å²) in [5, 5.41) is 0. The minimum absolute atomic E-state index is 0.119. The largest absolute Gasteiger partial charge is 0.366 e. The number of hydrogen-bond donors (Lipinski definition) is 1. The SMILES string of the molecule is CN(Cc1ccc(-c2ccc(F)c(C(N)=O)c2)cc1)Cc1cccc(F)c1. The van der Waals surface area contributed by atoms with E-state index in [1.807, 2.05) is 37.4 Å². The Labute approximate surface area is 157 Å². The number of carbonyl (C=O) groups excluding carboxylic acids is 1. The number of nitrogens with two attached hydrogens (primary N) is 1. The van der Waals surface area contributed by atoms with E-state index in [1.54, 1.807) is 12.1 Å². The van der Waals surface area contributed by atoms with E-state index < -0.39 is 11.7 Å². The molecule has 0 heterocycles. The second-order valence-corrected chi connectivity index (χ2v) is 6.56. The zero-order chi connectivity index (χ0) is 19.4. The van der Waals surface area contributed by atoms with Crippen LogP contribution < -0.4 is 5.73 Å². The van der Waals surface area contributed by atoms with Gasteiger partial charge in [-0.15, -0.1) is 0 Å². The van der Waals surface area contributed by atoms with Crippen LogP contribution in [0.4, 0.5) is 8.78 Å². The summed E-state index contributed by atoms with van der Waals surface area (Å²) in [4.78, 5) is 13.4. The third-order valence-electron chi connectivity index (χ3n) is 4.31. The molecule has 5 heteroatoms. The van der Waals surface area contributed by atoms with Crippen molar-refractivity contribution in [2.75, 3.05) is 7.05 Å². The van der Waals surface area contributed by atoms with Gasteiger partial charge in [0.15, 0.2) is 0 Å². The lowest BCUT2D eigenvalue weighted by atomic mass is 10.0.